The second-order valence-electron chi connectivity index (χ2n) is 3.77. The highest BCUT2D eigenvalue weighted by atomic mass is 16.3. The average Bonchev–Trinajstić information content (AvgIpc) is 2.54. The summed E-state index contributed by atoms with van der Waals surface area (Å²) >= 11 is 0. The lowest BCUT2D eigenvalue weighted by Gasteiger charge is -2.25. The second kappa shape index (κ2) is 2.33. The van der Waals surface area contributed by atoms with Gasteiger partial charge in [-0.1, -0.05) is 13.8 Å². The molecular formula is C9H14N2O. The van der Waals surface area contributed by atoms with Gasteiger partial charge in [-0.05, 0) is 5.92 Å². The number of aliphatic hydroxyl groups is 1. The van der Waals surface area contributed by atoms with Crippen molar-refractivity contribution in [3.8, 4) is 0 Å². The summed E-state index contributed by atoms with van der Waals surface area (Å²) < 4.78 is 2.03. The summed E-state index contributed by atoms with van der Waals surface area (Å²) in [5, 5.41) is 10.2. The summed E-state index contributed by atoms with van der Waals surface area (Å²) in [5.74, 6) is 1.07. The molecule has 0 aliphatic carbocycles. The largest absolute Gasteiger partial charge is 0.382 e. The van der Waals surface area contributed by atoms with Crippen molar-refractivity contribution in [2.24, 2.45) is 5.92 Å². The number of imidazole rings is 1. The van der Waals surface area contributed by atoms with E-state index in [-0.39, 0.29) is 5.92 Å². The molecule has 0 radical (unpaired) electrons. The second-order valence-corrected chi connectivity index (χ2v) is 3.77. The smallest absolute Gasteiger partial charge is 0.141 e. The van der Waals surface area contributed by atoms with Crippen LogP contribution >= 0.6 is 0 Å². The van der Waals surface area contributed by atoms with Crippen LogP contribution in [0.4, 0.5) is 0 Å². The first kappa shape index (κ1) is 7.80. The zero-order valence-electron chi connectivity index (χ0n) is 7.49. The zero-order chi connectivity index (χ0) is 8.77. The first-order valence-corrected chi connectivity index (χ1v) is 4.38. The molecule has 0 fully saturated rings. The first-order chi connectivity index (χ1) is 5.64. The van der Waals surface area contributed by atoms with E-state index in [2.05, 4.69) is 4.98 Å². The molecule has 0 aromatic carbocycles. The minimum Gasteiger partial charge on any atom is -0.382 e. The molecule has 1 aromatic rings. The van der Waals surface area contributed by atoms with Crippen molar-refractivity contribution in [2.45, 2.75) is 32.4 Å². The molecule has 1 unspecified atom stereocenters. The molecule has 0 saturated heterocycles. The van der Waals surface area contributed by atoms with Gasteiger partial charge in [0.15, 0.2) is 0 Å². The lowest BCUT2D eigenvalue weighted by atomic mass is 9.88. The van der Waals surface area contributed by atoms with E-state index < -0.39 is 5.60 Å². The van der Waals surface area contributed by atoms with Crippen LogP contribution in [0.1, 0.15) is 26.1 Å². The van der Waals surface area contributed by atoms with Crippen LogP contribution in [0.25, 0.3) is 0 Å². The highest BCUT2D eigenvalue weighted by molar-refractivity contribution is 5.10. The number of rotatable bonds is 1. The van der Waals surface area contributed by atoms with Crippen LogP contribution in [0.2, 0.25) is 0 Å². The van der Waals surface area contributed by atoms with Gasteiger partial charge in [-0.25, -0.2) is 4.98 Å². The predicted octanol–water partition coefficient (Wildman–Crippen LogP) is 1.13. The summed E-state index contributed by atoms with van der Waals surface area (Å²) in [6.07, 6.45) is 4.48. The molecule has 1 N–H and O–H groups in total. The SMILES string of the molecule is CC(C)C1(O)CCn2ccnc21. The Hall–Kier alpha value is -0.830. The molecule has 3 heteroatoms. The molecular weight excluding hydrogens is 152 g/mol. The monoisotopic (exact) mass is 166 g/mol. The van der Waals surface area contributed by atoms with Crippen LogP contribution in [0.3, 0.4) is 0 Å². The molecule has 0 amide bonds. The summed E-state index contributed by atoms with van der Waals surface area (Å²) in [6, 6.07) is 0. The van der Waals surface area contributed by atoms with Gasteiger partial charge in [0.1, 0.15) is 11.4 Å². The molecule has 3 nitrogen and oxygen atoms in total. The summed E-state index contributed by atoms with van der Waals surface area (Å²) in [4.78, 5) is 4.18. The zero-order valence-corrected chi connectivity index (χ0v) is 7.49. The minimum absolute atomic E-state index is 0.237. The Labute approximate surface area is 72.0 Å². The Morgan fingerprint density at radius 2 is 2.42 bits per heavy atom. The normalized spacial score (nSPS) is 28.0. The molecule has 2 rings (SSSR count). The van der Waals surface area contributed by atoms with Crippen LogP contribution in [-0.2, 0) is 12.1 Å². The van der Waals surface area contributed by atoms with Gasteiger partial charge in [0.2, 0.25) is 0 Å². The highest BCUT2D eigenvalue weighted by Crippen LogP contribution is 2.37. The first-order valence-electron chi connectivity index (χ1n) is 4.38. The van der Waals surface area contributed by atoms with E-state index in [4.69, 9.17) is 0 Å². The van der Waals surface area contributed by atoms with Crippen molar-refractivity contribution >= 4 is 0 Å². The highest BCUT2D eigenvalue weighted by Gasteiger charge is 2.41. The number of nitrogens with zero attached hydrogens (tertiary/aromatic N) is 2. The van der Waals surface area contributed by atoms with Crippen molar-refractivity contribution in [3.63, 3.8) is 0 Å². The van der Waals surface area contributed by atoms with Gasteiger partial charge >= 0.3 is 0 Å². The Morgan fingerprint density at radius 1 is 1.67 bits per heavy atom. The number of hydrogen-bond acceptors (Lipinski definition) is 2. The van der Waals surface area contributed by atoms with E-state index in [9.17, 15) is 5.11 Å². The molecule has 0 bridgehead atoms. The van der Waals surface area contributed by atoms with Gasteiger partial charge in [-0.15, -0.1) is 0 Å². The van der Waals surface area contributed by atoms with E-state index in [1.54, 1.807) is 6.20 Å². The van der Waals surface area contributed by atoms with E-state index in [1.165, 1.54) is 0 Å². The number of aromatic nitrogens is 2. The van der Waals surface area contributed by atoms with Gasteiger partial charge in [0.05, 0.1) is 0 Å². The molecule has 0 spiro atoms. The molecule has 1 aliphatic heterocycles. The lowest BCUT2D eigenvalue weighted by molar-refractivity contribution is -0.0121. The van der Waals surface area contributed by atoms with Crippen molar-refractivity contribution < 1.29 is 5.11 Å². The molecule has 2 heterocycles. The van der Waals surface area contributed by atoms with Crippen molar-refractivity contribution in [3.05, 3.63) is 18.2 Å². The fourth-order valence-electron chi connectivity index (χ4n) is 1.82. The molecule has 1 aliphatic rings. The third kappa shape index (κ3) is 0.829. The lowest BCUT2D eigenvalue weighted by Crippen LogP contribution is -2.29. The Morgan fingerprint density at radius 3 is 3.08 bits per heavy atom. The third-order valence-electron chi connectivity index (χ3n) is 2.79. The van der Waals surface area contributed by atoms with Gasteiger partial charge in [-0.2, -0.15) is 0 Å². The molecule has 0 saturated carbocycles. The Kier molecular flexibility index (Phi) is 1.51. The van der Waals surface area contributed by atoms with E-state index >= 15 is 0 Å². The van der Waals surface area contributed by atoms with E-state index in [0.717, 1.165) is 18.8 Å². The van der Waals surface area contributed by atoms with Gasteiger partial charge in [0, 0.05) is 25.4 Å². The number of aryl methyl sites for hydroxylation is 1. The van der Waals surface area contributed by atoms with Crippen LogP contribution in [0.15, 0.2) is 12.4 Å². The summed E-state index contributed by atoms with van der Waals surface area (Å²) in [6.45, 7) is 4.96. The molecule has 1 atom stereocenters. The third-order valence-corrected chi connectivity index (χ3v) is 2.79. The van der Waals surface area contributed by atoms with Crippen LogP contribution in [0, 0.1) is 5.92 Å². The number of hydrogen-bond donors (Lipinski definition) is 1. The Bertz CT molecular complexity index is 292. The topological polar surface area (TPSA) is 38.0 Å². The minimum atomic E-state index is -0.691. The van der Waals surface area contributed by atoms with Crippen molar-refractivity contribution in [1.29, 1.82) is 0 Å². The maximum atomic E-state index is 10.2. The molecule has 12 heavy (non-hydrogen) atoms. The fraction of sp³-hybridized carbons (Fsp3) is 0.667. The average molecular weight is 166 g/mol. The summed E-state index contributed by atoms with van der Waals surface area (Å²) in [5.41, 5.74) is -0.691. The fourth-order valence-corrected chi connectivity index (χ4v) is 1.82. The quantitative estimate of drug-likeness (QED) is 0.679. The predicted molar refractivity (Wildman–Crippen MR) is 45.6 cm³/mol. The Balaban J connectivity index is 2.44. The van der Waals surface area contributed by atoms with Gasteiger partial charge in [-0.3, -0.25) is 0 Å². The van der Waals surface area contributed by atoms with Crippen molar-refractivity contribution in [2.75, 3.05) is 0 Å². The van der Waals surface area contributed by atoms with Gasteiger partial charge in [0.25, 0.3) is 0 Å². The van der Waals surface area contributed by atoms with E-state index in [1.807, 2.05) is 24.6 Å². The molecule has 1 aromatic heterocycles. The summed E-state index contributed by atoms with van der Waals surface area (Å²) in [7, 11) is 0. The standard InChI is InChI=1S/C9H14N2O/c1-7(2)9(12)3-5-11-6-4-10-8(9)11/h4,6-7,12H,3,5H2,1-2H3. The number of fused-ring (bicyclic) bond motifs is 1. The maximum absolute atomic E-state index is 10.2. The van der Waals surface area contributed by atoms with Gasteiger partial charge < -0.3 is 9.67 Å². The molecule has 66 valence electrons. The van der Waals surface area contributed by atoms with E-state index in [0.29, 0.717) is 0 Å². The van der Waals surface area contributed by atoms with Crippen LogP contribution in [0.5, 0.6) is 0 Å². The maximum Gasteiger partial charge on any atom is 0.141 e. The van der Waals surface area contributed by atoms with Crippen molar-refractivity contribution in [1.82, 2.24) is 9.55 Å². The van der Waals surface area contributed by atoms with Crippen LogP contribution < -0.4 is 0 Å². The van der Waals surface area contributed by atoms with Crippen LogP contribution in [-0.4, -0.2) is 14.7 Å².